The highest BCUT2D eigenvalue weighted by atomic mass is 79.9. The molecule has 0 radical (unpaired) electrons. The Morgan fingerprint density at radius 3 is 1.81 bits per heavy atom. The third kappa shape index (κ3) is 3.20. The molecule has 0 unspecified atom stereocenters. The predicted molar refractivity (Wildman–Crippen MR) is 111 cm³/mol. The molecule has 3 aromatic rings. The minimum Gasteiger partial charge on any atom is -0.369 e. The van der Waals surface area contributed by atoms with Crippen LogP contribution in [0.15, 0.2) is 89.4 Å². The lowest BCUT2D eigenvalue weighted by atomic mass is 9.71. The van der Waals surface area contributed by atoms with E-state index in [-0.39, 0.29) is 11.9 Å². The maximum Gasteiger partial charge on any atom is 0.230 e. The molecule has 0 bridgehead atoms. The molecule has 1 fully saturated rings. The van der Waals surface area contributed by atoms with Gasteiger partial charge in [-0.2, -0.15) is 0 Å². The summed E-state index contributed by atoms with van der Waals surface area (Å²) in [4.78, 5) is 14.8. The van der Waals surface area contributed by atoms with Crippen LogP contribution >= 0.6 is 15.9 Å². The molecule has 3 nitrogen and oxygen atoms in total. The summed E-state index contributed by atoms with van der Waals surface area (Å²) in [6, 6.07) is 28.8. The van der Waals surface area contributed by atoms with Crippen molar-refractivity contribution in [2.45, 2.75) is 11.5 Å². The summed E-state index contributed by atoms with van der Waals surface area (Å²) in [5.74, 6) is -0.273. The maximum absolute atomic E-state index is 12.5. The number of benzene rings is 3. The average molecular weight is 421 g/mol. The van der Waals surface area contributed by atoms with Gasteiger partial charge in [0.1, 0.15) is 5.41 Å². The summed E-state index contributed by atoms with van der Waals surface area (Å²) in [5, 5.41) is 0. The van der Waals surface area contributed by atoms with Gasteiger partial charge in [-0.05, 0) is 22.8 Å². The van der Waals surface area contributed by atoms with Gasteiger partial charge in [-0.25, -0.2) is 0 Å². The first-order chi connectivity index (χ1) is 13.1. The van der Waals surface area contributed by atoms with Gasteiger partial charge in [-0.3, -0.25) is 9.69 Å². The number of halogens is 1. The summed E-state index contributed by atoms with van der Waals surface area (Å²) in [7, 11) is 0. The van der Waals surface area contributed by atoms with E-state index in [9.17, 15) is 4.79 Å². The van der Waals surface area contributed by atoms with Gasteiger partial charge in [0.2, 0.25) is 5.91 Å². The molecule has 136 valence electrons. The lowest BCUT2D eigenvalue weighted by molar-refractivity contribution is -0.131. The van der Waals surface area contributed by atoms with Crippen LogP contribution in [0.2, 0.25) is 0 Å². The van der Waals surface area contributed by atoms with Gasteiger partial charge in [-0.15, -0.1) is 0 Å². The topological polar surface area (TPSA) is 46.3 Å². The van der Waals surface area contributed by atoms with E-state index in [0.717, 1.165) is 10.0 Å². The van der Waals surface area contributed by atoms with E-state index in [2.05, 4.69) is 69.4 Å². The van der Waals surface area contributed by atoms with Crippen molar-refractivity contribution in [2.24, 2.45) is 5.73 Å². The van der Waals surface area contributed by atoms with E-state index in [1.807, 2.05) is 36.4 Å². The van der Waals surface area contributed by atoms with E-state index in [1.165, 1.54) is 11.1 Å². The highest BCUT2D eigenvalue weighted by molar-refractivity contribution is 9.10. The molecule has 1 heterocycles. The zero-order valence-corrected chi connectivity index (χ0v) is 16.5. The third-order valence-corrected chi connectivity index (χ3v) is 6.09. The summed E-state index contributed by atoms with van der Waals surface area (Å²) in [6.07, 6.45) is 0. The van der Waals surface area contributed by atoms with E-state index in [0.29, 0.717) is 13.1 Å². The van der Waals surface area contributed by atoms with Crippen LogP contribution in [0.1, 0.15) is 22.7 Å². The van der Waals surface area contributed by atoms with E-state index < -0.39 is 5.41 Å². The van der Waals surface area contributed by atoms with Gasteiger partial charge < -0.3 is 5.73 Å². The fourth-order valence-electron chi connectivity index (χ4n) is 4.02. The van der Waals surface area contributed by atoms with Gasteiger partial charge >= 0.3 is 0 Å². The maximum atomic E-state index is 12.5. The van der Waals surface area contributed by atoms with Crippen LogP contribution in [0.5, 0.6) is 0 Å². The first-order valence-corrected chi connectivity index (χ1v) is 9.80. The molecule has 0 saturated carbocycles. The molecule has 3 aromatic carbocycles. The van der Waals surface area contributed by atoms with Crippen molar-refractivity contribution in [1.29, 1.82) is 0 Å². The van der Waals surface area contributed by atoms with E-state index in [1.54, 1.807) is 0 Å². The Balaban J connectivity index is 1.70. The van der Waals surface area contributed by atoms with Crippen molar-refractivity contribution in [3.63, 3.8) is 0 Å². The molecule has 0 aliphatic carbocycles. The smallest absolute Gasteiger partial charge is 0.230 e. The van der Waals surface area contributed by atoms with Gasteiger partial charge in [0.05, 0.1) is 6.04 Å². The molecule has 1 saturated heterocycles. The molecule has 1 aliphatic rings. The summed E-state index contributed by atoms with van der Waals surface area (Å²) < 4.78 is 0.930. The van der Waals surface area contributed by atoms with Gasteiger partial charge in [0, 0.05) is 17.6 Å². The van der Waals surface area contributed by atoms with Crippen LogP contribution < -0.4 is 5.73 Å². The zero-order valence-electron chi connectivity index (χ0n) is 14.9. The van der Waals surface area contributed by atoms with Crippen LogP contribution in [0, 0.1) is 0 Å². The fourth-order valence-corrected chi connectivity index (χ4v) is 4.69. The number of nitrogens with two attached hydrogens (primary N) is 1. The number of primary amides is 1. The summed E-state index contributed by atoms with van der Waals surface area (Å²) in [6.45, 7) is 1.19. The van der Waals surface area contributed by atoms with Crippen molar-refractivity contribution in [3.8, 4) is 0 Å². The first kappa shape index (κ1) is 18.0. The second-order valence-electron chi connectivity index (χ2n) is 7.06. The predicted octanol–water partition coefficient (Wildman–Crippen LogP) is 4.28. The molecular formula is C23H21BrN2O. The molecule has 4 heteroatoms. The highest BCUT2D eigenvalue weighted by Crippen LogP contribution is 2.44. The minimum atomic E-state index is -0.665. The number of rotatable bonds is 5. The van der Waals surface area contributed by atoms with Crippen LogP contribution in [-0.4, -0.2) is 23.9 Å². The quantitative estimate of drug-likeness (QED) is 0.669. The molecule has 1 amide bonds. The summed E-state index contributed by atoms with van der Waals surface area (Å²) >= 11 is 3.60. The Morgan fingerprint density at radius 1 is 0.852 bits per heavy atom. The Labute approximate surface area is 167 Å². The Kier molecular flexibility index (Phi) is 4.85. The van der Waals surface area contributed by atoms with Crippen LogP contribution in [0.4, 0.5) is 0 Å². The van der Waals surface area contributed by atoms with Crippen molar-refractivity contribution in [1.82, 2.24) is 4.90 Å². The molecule has 4 rings (SSSR count). The van der Waals surface area contributed by atoms with Crippen molar-refractivity contribution in [2.75, 3.05) is 13.1 Å². The van der Waals surface area contributed by atoms with Crippen LogP contribution in [-0.2, 0) is 10.2 Å². The molecule has 1 aliphatic heterocycles. The van der Waals surface area contributed by atoms with E-state index >= 15 is 0 Å². The van der Waals surface area contributed by atoms with Crippen molar-refractivity contribution >= 4 is 21.8 Å². The molecule has 0 aromatic heterocycles. The Hall–Kier alpha value is -2.43. The molecule has 27 heavy (non-hydrogen) atoms. The number of carbonyl (C=O) groups is 1. The van der Waals surface area contributed by atoms with Crippen molar-refractivity contribution < 1.29 is 4.79 Å². The lowest BCUT2D eigenvalue weighted by Gasteiger charge is -2.52. The number of likely N-dealkylation sites (tertiary alicyclic amines) is 1. The largest absolute Gasteiger partial charge is 0.369 e. The molecule has 2 N–H and O–H groups in total. The number of hydrogen-bond acceptors (Lipinski definition) is 2. The fraction of sp³-hybridized carbons (Fsp3) is 0.174. The number of nitrogens with zero attached hydrogens (tertiary/aromatic N) is 1. The van der Waals surface area contributed by atoms with Crippen LogP contribution in [0.3, 0.4) is 0 Å². The van der Waals surface area contributed by atoms with Gasteiger partial charge in [0.25, 0.3) is 0 Å². The van der Waals surface area contributed by atoms with E-state index in [4.69, 9.17) is 5.73 Å². The number of amides is 1. The number of carbonyl (C=O) groups excluding carboxylic acids is 1. The lowest BCUT2D eigenvalue weighted by Crippen LogP contribution is -2.66. The normalized spacial score (nSPS) is 16.1. The Morgan fingerprint density at radius 2 is 1.33 bits per heavy atom. The SMILES string of the molecule is NC(=O)C1(c2ccccc2Br)CN(C(c2ccccc2)c2ccccc2)C1. The molecular weight excluding hydrogens is 400 g/mol. The third-order valence-electron chi connectivity index (χ3n) is 5.40. The first-order valence-electron chi connectivity index (χ1n) is 9.01. The zero-order chi connectivity index (χ0) is 18.9. The summed E-state index contributed by atoms with van der Waals surface area (Å²) in [5.41, 5.74) is 8.62. The Bertz CT molecular complexity index is 897. The number of hydrogen-bond donors (Lipinski definition) is 1. The van der Waals surface area contributed by atoms with Crippen LogP contribution in [0.25, 0.3) is 0 Å². The minimum absolute atomic E-state index is 0.0994. The van der Waals surface area contributed by atoms with Gasteiger partial charge in [-0.1, -0.05) is 94.8 Å². The second-order valence-corrected chi connectivity index (χ2v) is 7.91. The standard InChI is InChI=1S/C23H21BrN2O/c24-20-14-8-7-13-19(20)23(22(25)27)15-26(16-23)21(17-9-3-1-4-10-17)18-11-5-2-6-12-18/h1-14,21H,15-16H2,(H2,25,27). The van der Waals surface area contributed by atoms with Crippen molar-refractivity contribution in [3.05, 3.63) is 106 Å². The highest BCUT2D eigenvalue weighted by Gasteiger charge is 2.52. The molecule has 0 spiro atoms. The monoisotopic (exact) mass is 420 g/mol. The second kappa shape index (κ2) is 7.29. The molecule has 0 atom stereocenters. The van der Waals surface area contributed by atoms with Gasteiger partial charge in [0.15, 0.2) is 0 Å². The average Bonchev–Trinajstić information content (AvgIpc) is 2.66.